The molecule has 8 heteroatoms. The van der Waals surface area contributed by atoms with Crippen molar-refractivity contribution in [2.45, 2.75) is 6.04 Å². The molecule has 27 heavy (non-hydrogen) atoms. The summed E-state index contributed by atoms with van der Waals surface area (Å²) in [5.41, 5.74) is 1.32. The minimum Gasteiger partial charge on any atom is -0.318 e. The van der Waals surface area contributed by atoms with E-state index < -0.39 is 11.7 Å². The van der Waals surface area contributed by atoms with Gasteiger partial charge in [-0.05, 0) is 42.0 Å². The lowest BCUT2D eigenvalue weighted by Gasteiger charge is -2.39. The second-order valence-corrected chi connectivity index (χ2v) is 7.48. The Morgan fingerprint density at radius 2 is 1.70 bits per heavy atom. The number of rotatable bonds is 2. The van der Waals surface area contributed by atoms with E-state index in [0.717, 1.165) is 20.3 Å². The SMILES string of the molecule is Cn1c(=O)[nH]c2c(c1=O)C(c1ccc(Br)cc1)N(c1ccccc1)C(=S)N2. The molecule has 2 N–H and O–H groups in total. The van der Waals surface area contributed by atoms with Crippen LogP contribution in [0.2, 0.25) is 0 Å². The van der Waals surface area contributed by atoms with E-state index in [-0.39, 0.29) is 5.56 Å². The van der Waals surface area contributed by atoms with Crippen molar-refractivity contribution in [3.8, 4) is 0 Å². The topological polar surface area (TPSA) is 70.1 Å². The first-order valence-corrected chi connectivity index (χ1v) is 9.41. The fourth-order valence-electron chi connectivity index (χ4n) is 3.22. The highest BCUT2D eigenvalue weighted by Gasteiger charge is 2.36. The van der Waals surface area contributed by atoms with Gasteiger partial charge in [-0.1, -0.05) is 46.3 Å². The Balaban J connectivity index is 2.02. The number of fused-ring (bicyclic) bond motifs is 1. The van der Waals surface area contributed by atoms with Crippen molar-refractivity contribution in [1.29, 1.82) is 0 Å². The third-order valence-corrected chi connectivity index (χ3v) is 5.37. The van der Waals surface area contributed by atoms with Crippen LogP contribution in [0.25, 0.3) is 0 Å². The van der Waals surface area contributed by atoms with Crippen molar-refractivity contribution in [1.82, 2.24) is 9.55 Å². The zero-order valence-corrected chi connectivity index (χ0v) is 16.7. The molecule has 3 aromatic rings. The van der Waals surface area contributed by atoms with E-state index in [1.807, 2.05) is 59.5 Å². The lowest BCUT2D eigenvalue weighted by molar-refractivity contribution is 0.718. The second-order valence-electron chi connectivity index (χ2n) is 6.17. The molecule has 136 valence electrons. The van der Waals surface area contributed by atoms with Gasteiger partial charge < -0.3 is 10.2 Å². The van der Waals surface area contributed by atoms with E-state index in [9.17, 15) is 9.59 Å². The van der Waals surface area contributed by atoms with E-state index in [0.29, 0.717) is 16.5 Å². The van der Waals surface area contributed by atoms with Crippen molar-refractivity contribution < 1.29 is 0 Å². The molecule has 0 spiro atoms. The van der Waals surface area contributed by atoms with Crippen LogP contribution in [0.1, 0.15) is 17.2 Å². The number of thiocarbonyl (C=S) groups is 1. The van der Waals surface area contributed by atoms with Crippen molar-refractivity contribution in [2.24, 2.45) is 7.05 Å². The summed E-state index contributed by atoms with van der Waals surface area (Å²) in [4.78, 5) is 29.7. The number of H-pyrrole nitrogens is 1. The summed E-state index contributed by atoms with van der Waals surface area (Å²) in [7, 11) is 1.46. The van der Waals surface area contributed by atoms with Gasteiger partial charge in [-0.2, -0.15) is 0 Å². The Kier molecular flexibility index (Phi) is 4.45. The first-order chi connectivity index (χ1) is 13.0. The molecular formula is C19H15BrN4O2S. The molecular weight excluding hydrogens is 428 g/mol. The van der Waals surface area contributed by atoms with Crippen LogP contribution >= 0.6 is 28.1 Å². The fourth-order valence-corrected chi connectivity index (χ4v) is 3.80. The first kappa shape index (κ1) is 17.7. The third kappa shape index (κ3) is 3.00. The van der Waals surface area contributed by atoms with Crippen LogP contribution in [0.4, 0.5) is 11.5 Å². The van der Waals surface area contributed by atoms with Gasteiger partial charge in [0.05, 0.1) is 11.6 Å². The van der Waals surface area contributed by atoms with Crippen LogP contribution in [0.15, 0.2) is 68.7 Å². The maximum absolute atomic E-state index is 13.0. The average Bonchev–Trinajstić information content (AvgIpc) is 2.66. The summed E-state index contributed by atoms with van der Waals surface area (Å²) in [6.07, 6.45) is 0. The minimum absolute atomic E-state index is 0.341. The van der Waals surface area contributed by atoms with Gasteiger partial charge in [0.1, 0.15) is 5.82 Å². The smallest absolute Gasteiger partial charge is 0.318 e. The van der Waals surface area contributed by atoms with Gasteiger partial charge in [0.2, 0.25) is 0 Å². The molecule has 1 aliphatic rings. The number of halogens is 1. The lowest BCUT2D eigenvalue weighted by Crippen LogP contribution is -2.49. The Labute approximate surface area is 168 Å². The monoisotopic (exact) mass is 442 g/mol. The number of nitrogens with one attached hydrogen (secondary N) is 2. The zero-order chi connectivity index (χ0) is 19.1. The van der Waals surface area contributed by atoms with E-state index in [1.54, 1.807) is 0 Å². The number of aromatic nitrogens is 2. The molecule has 2 heterocycles. The van der Waals surface area contributed by atoms with Crippen LogP contribution in [0.3, 0.4) is 0 Å². The van der Waals surface area contributed by atoms with Crippen molar-refractivity contribution in [3.63, 3.8) is 0 Å². The fraction of sp³-hybridized carbons (Fsp3) is 0.105. The summed E-state index contributed by atoms with van der Waals surface area (Å²) < 4.78 is 2.01. The number of hydrogen-bond donors (Lipinski definition) is 2. The molecule has 0 fully saturated rings. The van der Waals surface area contributed by atoms with Crippen LogP contribution < -0.4 is 21.5 Å². The van der Waals surface area contributed by atoms with Gasteiger partial charge in [-0.3, -0.25) is 14.3 Å². The van der Waals surface area contributed by atoms with E-state index in [1.165, 1.54) is 7.05 Å². The minimum atomic E-state index is -0.489. The van der Waals surface area contributed by atoms with Crippen LogP contribution in [0.5, 0.6) is 0 Å². The van der Waals surface area contributed by atoms with Gasteiger partial charge in [-0.25, -0.2) is 4.79 Å². The number of aromatic amines is 1. The zero-order valence-electron chi connectivity index (χ0n) is 14.3. The average molecular weight is 443 g/mol. The highest BCUT2D eigenvalue weighted by Crippen LogP contribution is 2.37. The van der Waals surface area contributed by atoms with E-state index >= 15 is 0 Å². The molecule has 0 bridgehead atoms. The summed E-state index contributed by atoms with van der Waals surface area (Å²) >= 11 is 9.03. The molecule has 0 saturated heterocycles. The van der Waals surface area contributed by atoms with E-state index in [4.69, 9.17) is 12.2 Å². The first-order valence-electron chi connectivity index (χ1n) is 8.21. The second kappa shape index (κ2) is 6.79. The molecule has 4 rings (SSSR count). The van der Waals surface area contributed by atoms with Crippen LogP contribution in [-0.2, 0) is 7.05 Å². The van der Waals surface area contributed by atoms with Gasteiger partial charge in [0.25, 0.3) is 5.56 Å². The molecule has 0 radical (unpaired) electrons. The molecule has 0 amide bonds. The van der Waals surface area contributed by atoms with Crippen LogP contribution in [-0.4, -0.2) is 14.7 Å². The largest absolute Gasteiger partial charge is 0.329 e. The van der Waals surface area contributed by atoms with Gasteiger partial charge in [0.15, 0.2) is 5.11 Å². The maximum atomic E-state index is 13.0. The molecule has 6 nitrogen and oxygen atoms in total. The Morgan fingerprint density at radius 1 is 1.04 bits per heavy atom. The Hall–Kier alpha value is -2.71. The lowest BCUT2D eigenvalue weighted by atomic mass is 9.96. The predicted molar refractivity (Wildman–Crippen MR) is 113 cm³/mol. The summed E-state index contributed by atoms with van der Waals surface area (Å²) in [5.74, 6) is 0.341. The van der Waals surface area contributed by atoms with Crippen molar-refractivity contribution in [2.75, 3.05) is 10.2 Å². The summed E-state index contributed by atoms with van der Waals surface area (Å²) in [5, 5.41) is 3.42. The Morgan fingerprint density at radius 3 is 2.37 bits per heavy atom. The molecule has 2 aromatic carbocycles. The number of benzene rings is 2. The molecule has 1 unspecified atom stereocenters. The van der Waals surface area contributed by atoms with Crippen LogP contribution in [0, 0.1) is 0 Å². The normalized spacial score (nSPS) is 16.0. The standard InChI is InChI=1S/C19H15BrN4O2S/c1-23-17(25)14-15(11-7-9-12(20)10-8-11)24(13-5-3-2-4-6-13)19(27)22-16(14)21-18(23)26/h2-10,15H,1H3,(H,21,26)(H,22,27). The Bertz CT molecular complexity index is 1140. The molecule has 1 atom stereocenters. The molecule has 0 saturated carbocycles. The maximum Gasteiger partial charge on any atom is 0.329 e. The highest BCUT2D eigenvalue weighted by molar-refractivity contribution is 9.10. The number of hydrogen-bond acceptors (Lipinski definition) is 3. The van der Waals surface area contributed by atoms with Crippen molar-refractivity contribution >= 4 is 44.8 Å². The number of para-hydroxylation sites is 1. The highest BCUT2D eigenvalue weighted by atomic mass is 79.9. The number of anilines is 2. The molecule has 1 aromatic heterocycles. The third-order valence-electron chi connectivity index (χ3n) is 4.54. The van der Waals surface area contributed by atoms with Crippen molar-refractivity contribution in [3.05, 3.63) is 91.0 Å². The number of nitrogens with zero attached hydrogens (tertiary/aromatic N) is 2. The molecule has 1 aliphatic heterocycles. The quantitative estimate of drug-likeness (QED) is 0.596. The summed E-state index contributed by atoms with van der Waals surface area (Å²) in [6, 6.07) is 16.8. The van der Waals surface area contributed by atoms with E-state index in [2.05, 4.69) is 26.2 Å². The van der Waals surface area contributed by atoms with Gasteiger partial charge >= 0.3 is 5.69 Å². The molecule has 0 aliphatic carbocycles. The van der Waals surface area contributed by atoms with Gasteiger partial charge in [0, 0.05) is 17.2 Å². The predicted octanol–water partition coefficient (Wildman–Crippen LogP) is 3.14. The van der Waals surface area contributed by atoms with Gasteiger partial charge in [-0.15, -0.1) is 0 Å². The summed E-state index contributed by atoms with van der Waals surface area (Å²) in [6.45, 7) is 0.